The van der Waals surface area contributed by atoms with Crippen LogP contribution in [0.2, 0.25) is 0 Å². The number of rotatable bonds is 16. The minimum absolute atomic E-state index is 0.126. The molecule has 2 rings (SSSR count). The highest BCUT2D eigenvalue weighted by molar-refractivity contribution is 5.92. The molecule has 180 valence electrons. The summed E-state index contributed by atoms with van der Waals surface area (Å²) < 4.78 is 17.0. The van der Waals surface area contributed by atoms with E-state index in [9.17, 15) is 4.79 Å². The van der Waals surface area contributed by atoms with Crippen molar-refractivity contribution in [2.24, 2.45) is 0 Å². The molecule has 5 heteroatoms. The van der Waals surface area contributed by atoms with Crippen LogP contribution in [0.1, 0.15) is 63.5 Å². The monoisotopic (exact) mass is 453 g/mol. The molecule has 0 atom stereocenters. The second-order valence-electron chi connectivity index (χ2n) is 8.03. The van der Waals surface area contributed by atoms with Crippen molar-refractivity contribution < 1.29 is 19.0 Å². The van der Waals surface area contributed by atoms with Crippen LogP contribution >= 0.6 is 0 Å². The van der Waals surface area contributed by atoms with Gasteiger partial charge in [-0.3, -0.25) is 4.79 Å². The summed E-state index contributed by atoms with van der Waals surface area (Å²) in [5.74, 6) is 2.23. The Balaban J connectivity index is 1.80. The van der Waals surface area contributed by atoms with Crippen molar-refractivity contribution in [2.75, 3.05) is 26.9 Å². The topological polar surface area (TPSA) is 56.8 Å². The zero-order chi connectivity index (χ0) is 23.7. The SMILES string of the molecule is CCCCCOc1ccc(CCNC(=O)C=Cc2ccc(OC)cc2OCCCCC)cc1. The normalized spacial score (nSPS) is 10.9. The van der Waals surface area contributed by atoms with E-state index in [1.54, 1.807) is 19.3 Å². The fourth-order valence-corrected chi connectivity index (χ4v) is 3.29. The van der Waals surface area contributed by atoms with E-state index in [-0.39, 0.29) is 5.91 Å². The third-order valence-electron chi connectivity index (χ3n) is 5.29. The second-order valence-corrected chi connectivity index (χ2v) is 8.03. The highest BCUT2D eigenvalue weighted by Crippen LogP contribution is 2.26. The minimum Gasteiger partial charge on any atom is -0.497 e. The van der Waals surface area contributed by atoms with Crippen LogP contribution in [0.3, 0.4) is 0 Å². The fraction of sp³-hybridized carbons (Fsp3) is 0.464. The molecule has 2 aromatic carbocycles. The highest BCUT2D eigenvalue weighted by atomic mass is 16.5. The van der Waals surface area contributed by atoms with Crippen LogP contribution in [-0.2, 0) is 11.2 Å². The fourth-order valence-electron chi connectivity index (χ4n) is 3.29. The van der Waals surface area contributed by atoms with E-state index < -0.39 is 0 Å². The van der Waals surface area contributed by atoms with Crippen molar-refractivity contribution in [2.45, 2.75) is 58.8 Å². The summed E-state index contributed by atoms with van der Waals surface area (Å²) in [5.41, 5.74) is 2.02. The molecule has 0 aromatic heterocycles. The molecule has 1 N–H and O–H groups in total. The van der Waals surface area contributed by atoms with Crippen molar-refractivity contribution in [3.05, 3.63) is 59.7 Å². The summed E-state index contributed by atoms with van der Waals surface area (Å²) in [4.78, 5) is 12.3. The maximum atomic E-state index is 12.3. The van der Waals surface area contributed by atoms with E-state index in [0.717, 1.165) is 67.1 Å². The highest BCUT2D eigenvalue weighted by Gasteiger charge is 2.05. The van der Waals surface area contributed by atoms with Gasteiger partial charge in [-0.25, -0.2) is 0 Å². The predicted molar refractivity (Wildman–Crippen MR) is 135 cm³/mol. The van der Waals surface area contributed by atoms with Crippen molar-refractivity contribution in [3.63, 3.8) is 0 Å². The zero-order valence-electron chi connectivity index (χ0n) is 20.4. The molecule has 0 saturated carbocycles. The molecule has 33 heavy (non-hydrogen) atoms. The Kier molecular flexibility index (Phi) is 12.6. The van der Waals surface area contributed by atoms with Gasteiger partial charge >= 0.3 is 0 Å². The number of unbranched alkanes of at least 4 members (excludes halogenated alkanes) is 4. The minimum atomic E-state index is -0.126. The van der Waals surface area contributed by atoms with Gasteiger partial charge in [0.25, 0.3) is 0 Å². The Morgan fingerprint density at radius 1 is 0.879 bits per heavy atom. The van der Waals surface area contributed by atoms with Gasteiger partial charge in [0.1, 0.15) is 17.2 Å². The Hall–Kier alpha value is -2.95. The van der Waals surface area contributed by atoms with Crippen molar-refractivity contribution >= 4 is 12.0 Å². The van der Waals surface area contributed by atoms with Gasteiger partial charge in [0.15, 0.2) is 0 Å². The summed E-state index contributed by atoms with van der Waals surface area (Å²) >= 11 is 0. The van der Waals surface area contributed by atoms with E-state index in [2.05, 4.69) is 31.3 Å². The van der Waals surface area contributed by atoms with E-state index in [1.807, 2.05) is 30.3 Å². The van der Waals surface area contributed by atoms with E-state index in [0.29, 0.717) is 13.2 Å². The first kappa shape index (κ1) is 26.3. The number of amides is 1. The lowest BCUT2D eigenvalue weighted by Crippen LogP contribution is -2.23. The van der Waals surface area contributed by atoms with Crippen molar-refractivity contribution in [1.29, 1.82) is 0 Å². The maximum absolute atomic E-state index is 12.3. The molecule has 0 aliphatic carbocycles. The van der Waals surface area contributed by atoms with Gasteiger partial charge < -0.3 is 19.5 Å². The van der Waals surface area contributed by atoms with Gasteiger partial charge in [0, 0.05) is 24.3 Å². The molecule has 5 nitrogen and oxygen atoms in total. The predicted octanol–water partition coefficient (Wildman–Crippen LogP) is 6.21. The summed E-state index contributed by atoms with van der Waals surface area (Å²) in [6, 6.07) is 13.7. The van der Waals surface area contributed by atoms with Crippen molar-refractivity contribution in [3.8, 4) is 17.2 Å². The summed E-state index contributed by atoms with van der Waals surface area (Å²) in [6.07, 6.45) is 10.9. The Morgan fingerprint density at radius 2 is 1.55 bits per heavy atom. The first-order valence-corrected chi connectivity index (χ1v) is 12.1. The van der Waals surface area contributed by atoms with Crippen LogP contribution in [-0.4, -0.2) is 32.8 Å². The molecule has 0 heterocycles. The van der Waals surface area contributed by atoms with Crippen LogP contribution < -0.4 is 19.5 Å². The van der Waals surface area contributed by atoms with Crippen LogP contribution in [0.4, 0.5) is 0 Å². The first-order chi connectivity index (χ1) is 16.2. The molecule has 1 amide bonds. The third kappa shape index (κ3) is 10.5. The smallest absolute Gasteiger partial charge is 0.244 e. The van der Waals surface area contributed by atoms with E-state index in [4.69, 9.17) is 14.2 Å². The van der Waals surface area contributed by atoms with Crippen LogP contribution in [0.5, 0.6) is 17.2 Å². The lowest BCUT2D eigenvalue weighted by Gasteiger charge is -2.11. The average molecular weight is 454 g/mol. The van der Waals surface area contributed by atoms with Gasteiger partial charge in [-0.1, -0.05) is 51.7 Å². The molecule has 0 fully saturated rings. The van der Waals surface area contributed by atoms with Gasteiger partial charge in [-0.05, 0) is 55.2 Å². The van der Waals surface area contributed by atoms with E-state index in [1.165, 1.54) is 12.8 Å². The van der Waals surface area contributed by atoms with Crippen LogP contribution in [0.15, 0.2) is 48.5 Å². The number of nitrogens with one attached hydrogen (secondary N) is 1. The molecule has 0 radical (unpaired) electrons. The van der Waals surface area contributed by atoms with Crippen LogP contribution in [0, 0.1) is 0 Å². The molecule has 0 spiro atoms. The summed E-state index contributed by atoms with van der Waals surface area (Å²) in [7, 11) is 1.63. The number of carbonyl (C=O) groups excluding carboxylic acids is 1. The molecule has 0 saturated heterocycles. The number of ether oxygens (including phenoxy) is 3. The number of hydrogen-bond acceptors (Lipinski definition) is 4. The van der Waals surface area contributed by atoms with Gasteiger partial charge in [-0.15, -0.1) is 0 Å². The lowest BCUT2D eigenvalue weighted by molar-refractivity contribution is -0.116. The van der Waals surface area contributed by atoms with Gasteiger partial charge in [0.2, 0.25) is 5.91 Å². The number of hydrogen-bond donors (Lipinski definition) is 1. The van der Waals surface area contributed by atoms with Gasteiger partial charge in [0.05, 0.1) is 20.3 Å². The molecule has 0 aliphatic heterocycles. The van der Waals surface area contributed by atoms with Crippen molar-refractivity contribution in [1.82, 2.24) is 5.32 Å². The largest absolute Gasteiger partial charge is 0.497 e. The lowest BCUT2D eigenvalue weighted by atomic mass is 10.1. The quantitative estimate of drug-likeness (QED) is 0.243. The Labute approximate surface area is 199 Å². The second kappa shape index (κ2) is 15.8. The first-order valence-electron chi connectivity index (χ1n) is 12.1. The molecule has 0 bridgehead atoms. The number of benzene rings is 2. The Morgan fingerprint density at radius 3 is 2.21 bits per heavy atom. The molecular formula is C28H39NO4. The number of methoxy groups -OCH3 is 1. The standard InChI is InChI=1S/C28H39NO4/c1-4-6-8-20-32-25-14-10-23(11-15-25)18-19-29-28(30)17-13-24-12-16-26(31-3)22-27(24)33-21-9-7-5-2/h10-17,22H,4-9,18-21H2,1-3H3,(H,29,30). The molecular weight excluding hydrogens is 414 g/mol. The number of carbonyl (C=O) groups is 1. The Bertz CT molecular complexity index is 845. The molecule has 0 unspecified atom stereocenters. The third-order valence-corrected chi connectivity index (χ3v) is 5.29. The maximum Gasteiger partial charge on any atom is 0.244 e. The summed E-state index contributed by atoms with van der Waals surface area (Å²) in [6.45, 7) is 6.33. The van der Waals surface area contributed by atoms with Gasteiger partial charge in [-0.2, -0.15) is 0 Å². The zero-order valence-corrected chi connectivity index (χ0v) is 20.4. The van der Waals surface area contributed by atoms with Crippen LogP contribution in [0.25, 0.3) is 6.08 Å². The van der Waals surface area contributed by atoms with E-state index >= 15 is 0 Å². The molecule has 0 aliphatic rings. The average Bonchev–Trinajstić information content (AvgIpc) is 2.84. The summed E-state index contributed by atoms with van der Waals surface area (Å²) in [5, 5.41) is 2.94. The molecule has 2 aromatic rings.